The van der Waals surface area contributed by atoms with Crippen LogP contribution in [0, 0.1) is 11.8 Å². The molecule has 21 heavy (non-hydrogen) atoms. The molecule has 0 aromatic rings. The van der Waals surface area contributed by atoms with Crippen LogP contribution in [0.15, 0.2) is 0 Å². The maximum atomic E-state index is 11.7. The van der Waals surface area contributed by atoms with E-state index in [2.05, 4.69) is 27.7 Å². The average molecular weight is 371 g/mol. The summed E-state index contributed by atoms with van der Waals surface area (Å²) in [7, 11) is -1.94. The zero-order valence-electron chi connectivity index (χ0n) is 14.6. The smallest absolute Gasteiger partial charge is 0.786 e. The first kappa shape index (κ1) is 24.2. The van der Waals surface area contributed by atoms with Crippen LogP contribution in [-0.2, 0) is 28.5 Å². The van der Waals surface area contributed by atoms with Gasteiger partial charge in [-0.2, -0.15) is 0 Å². The van der Waals surface area contributed by atoms with Crippen LogP contribution in [-0.4, -0.2) is 13.2 Å². The topological polar surface area (TPSA) is 41.5 Å². The van der Waals surface area contributed by atoms with Crippen molar-refractivity contribution < 1.29 is 33.4 Å². The molecule has 0 aromatic carbocycles. The molecule has 2 unspecified atom stereocenters. The third kappa shape index (κ3) is 14.3. The molecule has 2 atom stereocenters. The van der Waals surface area contributed by atoms with Crippen molar-refractivity contribution in [2.24, 2.45) is 11.8 Å². The van der Waals surface area contributed by atoms with Gasteiger partial charge in [0, 0.05) is 0 Å². The van der Waals surface area contributed by atoms with Gasteiger partial charge in [-0.1, -0.05) is 66.2 Å². The molecule has 0 N–H and O–H groups in total. The number of hydrogen-bond donors (Lipinski definition) is 0. The largest absolute Gasteiger partial charge is 2.00 e. The molecule has 0 aliphatic heterocycles. The van der Waals surface area contributed by atoms with Crippen LogP contribution in [0.4, 0.5) is 0 Å². The molecule has 0 fully saturated rings. The molecular weight excluding hydrogens is 337 g/mol. The van der Waals surface area contributed by atoms with E-state index in [9.17, 15) is 4.89 Å². The first-order valence-corrected chi connectivity index (χ1v) is 9.50. The molecule has 0 rings (SSSR count). The van der Waals surface area contributed by atoms with Crippen molar-refractivity contribution in [3.8, 4) is 0 Å². The van der Waals surface area contributed by atoms with Crippen LogP contribution in [0.25, 0.3) is 0 Å². The molecule has 0 aromatic heterocycles. The second-order valence-electron chi connectivity index (χ2n) is 5.65. The van der Waals surface area contributed by atoms with Crippen molar-refractivity contribution >= 4 is 8.60 Å². The summed E-state index contributed by atoms with van der Waals surface area (Å²) in [5, 5.41) is 0. The molecule has 0 aliphatic rings. The summed E-state index contributed by atoms with van der Waals surface area (Å²) >= 11 is 0. The van der Waals surface area contributed by atoms with Crippen LogP contribution >= 0.6 is 8.60 Å². The second-order valence-corrected chi connectivity index (χ2v) is 6.61. The monoisotopic (exact) mass is 369 g/mol. The summed E-state index contributed by atoms with van der Waals surface area (Å²) in [6.07, 6.45) is 9.31. The van der Waals surface area contributed by atoms with Crippen LogP contribution in [0.1, 0.15) is 79.1 Å². The van der Waals surface area contributed by atoms with E-state index in [1.807, 2.05) is 0 Å². The Balaban J connectivity index is 0. The Hall–Kier alpha value is 0.933. The predicted octanol–water partition coefficient (Wildman–Crippen LogP) is 5.04. The number of rotatable bonds is 14. The molecule has 0 heterocycles. The minimum Gasteiger partial charge on any atom is -0.786 e. The van der Waals surface area contributed by atoms with Crippen molar-refractivity contribution in [2.45, 2.75) is 79.1 Å². The van der Waals surface area contributed by atoms with Gasteiger partial charge in [0.25, 0.3) is 0 Å². The fraction of sp³-hybridized carbons (Fsp3) is 1.00. The number of hydrogen-bond acceptors (Lipinski definition) is 3. The molecule has 5 heteroatoms. The summed E-state index contributed by atoms with van der Waals surface area (Å²) in [4.78, 5) is 11.7. The second kappa shape index (κ2) is 17.3. The van der Waals surface area contributed by atoms with Gasteiger partial charge in [0.2, 0.25) is 0 Å². The van der Waals surface area contributed by atoms with Crippen molar-refractivity contribution in [3.05, 3.63) is 0 Å². The average Bonchev–Trinajstić information content (AvgIpc) is 2.47. The standard InChI is InChI=1S/C16H34O3P.Zn/c1-5-9-11-15(7-3)13-18-20(17)19-14-16(8-4)12-10-6-2;/h15-16H,5-14H2,1-4H3;/q-1;+2. The molecular formula is C16H34O3PZn+. The maximum absolute atomic E-state index is 11.7. The van der Waals surface area contributed by atoms with Gasteiger partial charge < -0.3 is 13.9 Å². The Labute approximate surface area is 146 Å². The first-order valence-electron chi connectivity index (χ1n) is 8.40. The van der Waals surface area contributed by atoms with Crippen LogP contribution in [0.2, 0.25) is 0 Å². The fourth-order valence-corrected chi connectivity index (χ4v) is 2.91. The Bertz CT molecular complexity index is 188. The fourth-order valence-electron chi connectivity index (χ4n) is 2.17. The van der Waals surface area contributed by atoms with Crippen molar-refractivity contribution in [1.82, 2.24) is 0 Å². The van der Waals surface area contributed by atoms with Crippen LogP contribution in [0.5, 0.6) is 0 Å². The Morgan fingerprint density at radius 2 is 1.19 bits per heavy atom. The molecule has 0 spiro atoms. The minimum atomic E-state index is -1.94. The Kier molecular flexibility index (Phi) is 19.9. The molecule has 0 bridgehead atoms. The summed E-state index contributed by atoms with van der Waals surface area (Å²) in [6, 6.07) is 0. The molecule has 0 radical (unpaired) electrons. The summed E-state index contributed by atoms with van der Waals surface area (Å²) in [5.41, 5.74) is 0. The van der Waals surface area contributed by atoms with Crippen molar-refractivity contribution in [2.75, 3.05) is 13.2 Å². The van der Waals surface area contributed by atoms with Crippen LogP contribution in [0.3, 0.4) is 0 Å². The molecule has 122 valence electrons. The van der Waals surface area contributed by atoms with Gasteiger partial charge in [0.15, 0.2) is 0 Å². The van der Waals surface area contributed by atoms with Gasteiger partial charge in [0.05, 0.1) is 21.8 Å². The van der Waals surface area contributed by atoms with Gasteiger partial charge in [0.1, 0.15) is 0 Å². The SMILES string of the molecule is CCCCC(CC)COP([O-])OCC(CC)CCCC.[Zn+2]. The third-order valence-corrected chi connectivity index (χ3v) is 4.64. The van der Waals surface area contributed by atoms with Gasteiger partial charge >= 0.3 is 19.5 Å². The zero-order valence-corrected chi connectivity index (χ0v) is 18.5. The normalized spacial score (nSPS) is 15.3. The van der Waals surface area contributed by atoms with E-state index >= 15 is 0 Å². The molecule has 3 nitrogen and oxygen atoms in total. The maximum Gasteiger partial charge on any atom is 2.00 e. The van der Waals surface area contributed by atoms with E-state index in [1.165, 1.54) is 25.7 Å². The van der Waals surface area contributed by atoms with Crippen molar-refractivity contribution in [3.63, 3.8) is 0 Å². The third-order valence-electron chi connectivity index (χ3n) is 3.92. The van der Waals surface area contributed by atoms with Gasteiger partial charge in [-0.25, -0.2) is 0 Å². The van der Waals surface area contributed by atoms with Crippen LogP contribution < -0.4 is 4.89 Å². The van der Waals surface area contributed by atoms with Gasteiger partial charge in [-0.05, 0) is 24.7 Å². The minimum absolute atomic E-state index is 0. The molecule has 0 amide bonds. The molecule has 0 saturated heterocycles. The molecule has 0 saturated carbocycles. The van der Waals surface area contributed by atoms with E-state index in [4.69, 9.17) is 9.05 Å². The predicted molar refractivity (Wildman–Crippen MR) is 85.4 cm³/mol. The zero-order chi connectivity index (χ0) is 15.2. The molecule has 0 aliphatic carbocycles. The van der Waals surface area contributed by atoms with E-state index in [0.29, 0.717) is 25.0 Å². The van der Waals surface area contributed by atoms with E-state index < -0.39 is 8.60 Å². The number of unbranched alkanes of at least 4 members (excludes halogenated alkanes) is 2. The van der Waals surface area contributed by atoms with E-state index in [0.717, 1.165) is 25.7 Å². The van der Waals surface area contributed by atoms with E-state index in [1.54, 1.807) is 0 Å². The van der Waals surface area contributed by atoms with Gasteiger partial charge in [-0.15, -0.1) is 0 Å². The van der Waals surface area contributed by atoms with E-state index in [-0.39, 0.29) is 19.5 Å². The van der Waals surface area contributed by atoms with Crippen molar-refractivity contribution in [1.29, 1.82) is 0 Å². The summed E-state index contributed by atoms with van der Waals surface area (Å²) in [6.45, 7) is 9.84. The summed E-state index contributed by atoms with van der Waals surface area (Å²) < 4.78 is 10.8. The quantitative estimate of drug-likeness (QED) is 0.318. The summed E-state index contributed by atoms with van der Waals surface area (Å²) in [5.74, 6) is 1.03. The Morgan fingerprint density at radius 3 is 1.48 bits per heavy atom. The Morgan fingerprint density at radius 1 is 0.810 bits per heavy atom. The van der Waals surface area contributed by atoms with Gasteiger partial charge in [-0.3, -0.25) is 0 Å². The first-order chi connectivity index (χ1) is 9.67.